The fourth-order valence-corrected chi connectivity index (χ4v) is 33.7. The zero-order valence-electron chi connectivity index (χ0n) is 88.8. The second kappa shape index (κ2) is 59.8. The average Bonchev–Trinajstić information content (AvgIpc) is 1.54. The van der Waals surface area contributed by atoms with E-state index in [4.69, 9.17) is 52.1 Å². The molecule has 38 atom stereocenters. The van der Waals surface area contributed by atoms with Gasteiger partial charge >= 0.3 is 41.8 Å². The Morgan fingerprint density at radius 1 is 0.282 bits per heavy atom. The minimum absolute atomic E-state index is 0. The minimum Gasteiger partial charge on any atom is -0.459 e. The molecule has 13 saturated carbocycles. The zero-order chi connectivity index (χ0) is 96.8. The molecule has 21 fully saturated rings. The number of hydrogen-bond donors (Lipinski definition) is 0. The first-order valence-corrected chi connectivity index (χ1v) is 57.7. The number of carbonyl (C=O) groups excluding carboxylic acids is 7. The number of esters is 7. The highest BCUT2D eigenvalue weighted by molar-refractivity contribution is 5.75. The molecule has 8 aliphatic heterocycles. The normalized spacial score (nSPS) is 37.7. The quantitative estimate of drug-likeness (QED) is 0.0386. The molecule has 18 heteroatoms. The van der Waals surface area contributed by atoms with Crippen molar-refractivity contribution >= 4 is 41.8 Å². The molecule has 0 spiro atoms. The Morgan fingerprint density at radius 3 is 0.966 bits per heavy atom. The standard InChI is InChI=1S/C19H30O2.C18H28O2.C17H28O3.C17H28O2.C16H26O3.C16H28O3.C14H24O3.14CH4/c1-4-11(3)18(20)21-19(5-2)10-14-9-15(19)17-13-7-6-12(8-13)16(14)17;1-4-10(2)17(19)20-18(3)9-13-8-14(18)16-12-6-5-11(7-12)15(13)16;1-3-12(2)16(18)20-17(9-5-4-6-10-17)14-11-13-7-8-15(14)19-13;1-4-11(3)16(18)19-17(5-2)10-12-9-15(17)14-8-6-7-13(12)14;1-3-11(2)15(17)19-16(8-4-5-9-16)13-10-12-6-7-14(13)18-12;1-5-11(4)15(17)19-16(6-2,7-3)13-10-12-8-9-14(13)18-12;1-5-9(2)13(15)17-14(3,4)11-8-10-6-7-12(11)16-10;;;;;;;;;;;;;;/h11-17H,4-10H2,1-3H3;10-16H,4-9H2,1-3H3;12-15H,3-11H2,1-2H3;11-15H,4-10H2,1-3H3;11-14H,3-10H2,1-2H3;11-14H,5-10H2,1-4H3;9-12H,5-8H2,1-4H3;14*1H4. The van der Waals surface area contributed by atoms with E-state index in [1.807, 2.05) is 83.1 Å². The van der Waals surface area contributed by atoms with Crippen molar-refractivity contribution in [3.8, 4) is 0 Å². The fourth-order valence-electron chi connectivity index (χ4n) is 33.7. The third-order valence-electron chi connectivity index (χ3n) is 42.8. The summed E-state index contributed by atoms with van der Waals surface area (Å²) >= 11 is 0. The van der Waals surface area contributed by atoms with E-state index < -0.39 is 0 Å². The maximum absolute atomic E-state index is 12.4. The lowest BCUT2D eigenvalue weighted by molar-refractivity contribution is -0.179. The summed E-state index contributed by atoms with van der Waals surface area (Å²) in [5.74, 6) is 16.1. The molecule has 0 N–H and O–H groups in total. The van der Waals surface area contributed by atoms with Gasteiger partial charge in [0.25, 0.3) is 0 Å². The van der Waals surface area contributed by atoms with Gasteiger partial charge in [-0.25, -0.2) is 0 Å². The van der Waals surface area contributed by atoms with Crippen LogP contribution in [-0.4, -0.2) is 130 Å². The van der Waals surface area contributed by atoms with E-state index in [2.05, 4.69) is 62.3 Å². The molecule has 880 valence electrons. The van der Waals surface area contributed by atoms with E-state index in [1.54, 1.807) is 0 Å². The first kappa shape index (κ1) is 143. The van der Waals surface area contributed by atoms with Gasteiger partial charge in [-0.15, -0.1) is 0 Å². The summed E-state index contributed by atoms with van der Waals surface area (Å²) in [6.45, 7) is 43.3. The molecular weight excluding hydrogens is 1860 g/mol. The molecule has 18 nitrogen and oxygen atoms in total. The van der Waals surface area contributed by atoms with Crippen LogP contribution in [0.5, 0.6) is 0 Å². The predicted octanol–water partition coefficient (Wildman–Crippen LogP) is 35.5. The van der Waals surface area contributed by atoms with Crippen molar-refractivity contribution in [2.75, 3.05) is 0 Å². The van der Waals surface area contributed by atoms with Gasteiger partial charge in [-0.1, -0.05) is 241 Å². The van der Waals surface area contributed by atoms with E-state index in [9.17, 15) is 33.6 Å². The first-order valence-electron chi connectivity index (χ1n) is 57.7. The smallest absolute Gasteiger partial charge is 0.309 e. The van der Waals surface area contributed by atoms with E-state index in [-0.39, 0.29) is 226 Å². The Labute approximate surface area is 921 Å². The summed E-state index contributed by atoms with van der Waals surface area (Å²) in [6.07, 6.45) is 57.4. The first-order chi connectivity index (χ1) is 64.5. The average molecular weight is 2110 g/mol. The zero-order valence-corrected chi connectivity index (χ0v) is 88.8. The summed E-state index contributed by atoms with van der Waals surface area (Å²) in [5.41, 5.74) is -1.44. The number of carbonyl (C=O) groups is 7. The number of hydrogen-bond acceptors (Lipinski definition) is 18. The Hall–Kier alpha value is -3.87. The summed E-state index contributed by atoms with van der Waals surface area (Å²) in [5, 5.41) is 0. The summed E-state index contributed by atoms with van der Waals surface area (Å²) in [6, 6.07) is 0. The molecule has 38 unspecified atom stereocenters. The van der Waals surface area contributed by atoms with Gasteiger partial charge in [-0.2, -0.15) is 0 Å². The van der Waals surface area contributed by atoms with Crippen molar-refractivity contribution in [1.29, 1.82) is 0 Å². The van der Waals surface area contributed by atoms with Crippen molar-refractivity contribution in [2.24, 2.45) is 160 Å². The van der Waals surface area contributed by atoms with Crippen LogP contribution < -0.4 is 0 Å². The van der Waals surface area contributed by atoms with Crippen molar-refractivity contribution in [1.82, 2.24) is 0 Å². The van der Waals surface area contributed by atoms with Crippen LogP contribution in [0.15, 0.2) is 0 Å². The number of ether oxygens (including phenoxy) is 11. The highest BCUT2D eigenvalue weighted by Crippen LogP contribution is 2.73. The van der Waals surface area contributed by atoms with Crippen molar-refractivity contribution < 1.29 is 85.7 Å². The third kappa shape index (κ3) is 29.0. The third-order valence-corrected chi connectivity index (χ3v) is 42.8. The Morgan fingerprint density at radius 2 is 0.597 bits per heavy atom. The van der Waals surface area contributed by atoms with E-state index in [0.29, 0.717) is 90.3 Å². The highest BCUT2D eigenvalue weighted by atomic mass is 16.6. The van der Waals surface area contributed by atoms with Crippen LogP contribution in [-0.2, 0) is 85.7 Å². The Balaban J connectivity index is 0.000000856. The molecule has 8 saturated heterocycles. The highest BCUT2D eigenvalue weighted by Gasteiger charge is 2.71. The monoisotopic (exact) mass is 2110 g/mol. The molecule has 21 aliphatic rings. The summed E-state index contributed by atoms with van der Waals surface area (Å²) in [4.78, 5) is 85.6. The molecule has 0 amide bonds. The lowest BCUT2D eigenvalue weighted by atomic mass is 9.65. The maximum Gasteiger partial charge on any atom is 0.309 e. The van der Waals surface area contributed by atoms with Gasteiger partial charge in [0.15, 0.2) is 0 Å². The molecule has 21 rings (SSSR count). The maximum atomic E-state index is 12.4. The van der Waals surface area contributed by atoms with Crippen LogP contribution >= 0.6 is 0 Å². The van der Waals surface area contributed by atoms with E-state index >= 15 is 0 Å². The molecule has 0 aromatic rings. The van der Waals surface area contributed by atoms with Crippen LogP contribution in [0.1, 0.15) is 551 Å². The van der Waals surface area contributed by atoms with Gasteiger partial charge in [0.1, 0.15) is 39.2 Å². The van der Waals surface area contributed by atoms with Gasteiger partial charge in [0, 0.05) is 41.4 Å². The van der Waals surface area contributed by atoms with Crippen LogP contribution in [0.2, 0.25) is 0 Å². The topological polar surface area (TPSA) is 221 Å². The molecule has 8 heterocycles. The summed E-state index contributed by atoms with van der Waals surface area (Å²) in [7, 11) is 0. The lowest BCUT2D eigenvalue weighted by Crippen LogP contribution is -2.48. The van der Waals surface area contributed by atoms with Gasteiger partial charge in [0.05, 0.1) is 90.3 Å². The predicted molar refractivity (Wildman–Crippen MR) is 621 cm³/mol. The van der Waals surface area contributed by atoms with Crippen molar-refractivity contribution in [3.05, 3.63) is 0 Å². The number of fused-ring (bicyclic) bond motifs is 31. The van der Waals surface area contributed by atoms with Crippen LogP contribution in [0.25, 0.3) is 0 Å². The Kier molecular flexibility index (Phi) is 57.5. The second-order valence-corrected chi connectivity index (χ2v) is 50.1. The SMILES string of the molecule is C.C.C.C.C.C.C.C.C.C.C.C.C.C.CCC(C)C(=O)OC(C)(C)C1CC2CCC1O2.CCC(C)C(=O)OC(CC)(CC)C1CC2CCC1O2.CCC(C)C(=O)OC1(C)CC2CC1C1C3CCC(C3)C21.CCC(C)C(=O)OC1(C2CC3CCC2O3)CCCC1.CCC(C)C(=O)OC1(C2CC3CCC2O3)CCCCC1.CCC(C)C(=O)OC1(CC)CC2CC1C1C3CCC(C3)C21.CCC(C)C(=O)OC1(CC)CC2CC1C1CCCC21. The second-order valence-electron chi connectivity index (χ2n) is 50.1. The van der Waals surface area contributed by atoms with E-state index in [0.717, 1.165) is 237 Å². The van der Waals surface area contributed by atoms with Gasteiger partial charge in [-0.05, 0) is 387 Å². The number of rotatable bonds is 29. The summed E-state index contributed by atoms with van der Waals surface area (Å²) < 4.78 is 66.2. The largest absolute Gasteiger partial charge is 0.459 e. The molecule has 149 heavy (non-hydrogen) atoms. The minimum atomic E-state index is -0.389. The molecule has 18 bridgehead atoms. The molecular formula is C131H248O18. The van der Waals surface area contributed by atoms with Crippen molar-refractivity contribution in [3.63, 3.8) is 0 Å². The van der Waals surface area contributed by atoms with E-state index in [1.165, 1.54) is 141 Å². The molecule has 13 aliphatic carbocycles. The Bertz CT molecular complexity index is 3900. The van der Waals surface area contributed by atoms with Crippen LogP contribution in [0.3, 0.4) is 0 Å². The van der Waals surface area contributed by atoms with Gasteiger partial charge < -0.3 is 52.1 Å². The van der Waals surface area contributed by atoms with Gasteiger partial charge in [-0.3, -0.25) is 33.6 Å². The lowest BCUT2D eigenvalue weighted by Gasteiger charge is -2.46. The molecule has 0 aromatic heterocycles. The van der Waals surface area contributed by atoms with Crippen LogP contribution in [0, 0.1) is 160 Å². The van der Waals surface area contributed by atoms with Crippen molar-refractivity contribution in [2.45, 2.75) is 639 Å². The van der Waals surface area contributed by atoms with Gasteiger partial charge in [0.2, 0.25) is 0 Å². The van der Waals surface area contributed by atoms with Crippen LogP contribution in [0.4, 0.5) is 0 Å². The molecule has 0 radical (unpaired) electrons. The molecule has 0 aromatic carbocycles. The fraction of sp³-hybridized carbons (Fsp3) is 0.947.